The summed E-state index contributed by atoms with van der Waals surface area (Å²) in [5.41, 5.74) is 1.08. The highest BCUT2D eigenvalue weighted by Gasteiger charge is 2.19. The smallest absolute Gasteiger partial charge is 0.123 e. The molecule has 1 saturated carbocycles. The van der Waals surface area contributed by atoms with Crippen molar-refractivity contribution in [2.45, 2.75) is 51.5 Å². The number of halogens is 1. The van der Waals surface area contributed by atoms with E-state index in [0.29, 0.717) is 6.04 Å². The fourth-order valence-electron chi connectivity index (χ4n) is 2.94. The second kappa shape index (κ2) is 6.89. The van der Waals surface area contributed by atoms with Crippen LogP contribution in [0.5, 0.6) is 0 Å². The molecule has 0 amide bonds. The first-order chi connectivity index (χ1) is 8.75. The Morgan fingerprint density at radius 3 is 2.78 bits per heavy atom. The molecule has 1 aliphatic carbocycles. The van der Waals surface area contributed by atoms with Gasteiger partial charge in [-0.2, -0.15) is 0 Å². The monoisotopic (exact) mass is 249 g/mol. The molecule has 2 heteroatoms. The molecule has 0 spiro atoms. The van der Waals surface area contributed by atoms with E-state index in [9.17, 15) is 4.39 Å². The number of nitrogens with one attached hydrogen (secondary N) is 1. The van der Waals surface area contributed by atoms with Crippen molar-refractivity contribution in [3.05, 3.63) is 35.6 Å². The second-order valence-corrected chi connectivity index (χ2v) is 5.52. The van der Waals surface area contributed by atoms with E-state index in [4.69, 9.17) is 0 Å². The molecule has 1 aromatic carbocycles. The zero-order valence-electron chi connectivity index (χ0n) is 11.3. The van der Waals surface area contributed by atoms with Crippen LogP contribution in [0.1, 0.15) is 44.6 Å². The predicted octanol–water partition coefficient (Wildman–Crippen LogP) is 3.93. The van der Waals surface area contributed by atoms with Crippen LogP contribution >= 0.6 is 0 Å². The third-order valence-electron chi connectivity index (χ3n) is 4.13. The predicted molar refractivity (Wildman–Crippen MR) is 74.1 cm³/mol. The SMILES string of the molecule is CC(NCCc1cccc(F)c1)C1CCCCC1. The number of hydrogen-bond acceptors (Lipinski definition) is 1. The molecule has 18 heavy (non-hydrogen) atoms. The zero-order chi connectivity index (χ0) is 12.8. The van der Waals surface area contributed by atoms with E-state index >= 15 is 0 Å². The normalized spacial score (nSPS) is 18.8. The fourth-order valence-corrected chi connectivity index (χ4v) is 2.94. The summed E-state index contributed by atoms with van der Waals surface area (Å²) in [6, 6.07) is 7.51. The van der Waals surface area contributed by atoms with Gasteiger partial charge in [-0.3, -0.25) is 0 Å². The molecule has 0 bridgehead atoms. The molecule has 1 aromatic rings. The third-order valence-corrected chi connectivity index (χ3v) is 4.13. The van der Waals surface area contributed by atoms with E-state index in [0.717, 1.165) is 24.4 Å². The molecular formula is C16H24FN. The van der Waals surface area contributed by atoms with Crippen molar-refractivity contribution < 1.29 is 4.39 Å². The highest BCUT2D eigenvalue weighted by atomic mass is 19.1. The first kappa shape index (κ1) is 13.5. The van der Waals surface area contributed by atoms with Gasteiger partial charge in [0.1, 0.15) is 5.82 Å². The molecule has 0 heterocycles. The summed E-state index contributed by atoms with van der Waals surface area (Å²) in [4.78, 5) is 0. The van der Waals surface area contributed by atoms with Crippen molar-refractivity contribution in [1.29, 1.82) is 0 Å². The Hall–Kier alpha value is -0.890. The standard InChI is InChI=1S/C16H24FN/c1-13(15-7-3-2-4-8-15)18-11-10-14-6-5-9-16(17)12-14/h5-6,9,12-13,15,18H,2-4,7-8,10-11H2,1H3. The molecule has 1 fully saturated rings. The average Bonchev–Trinajstić information content (AvgIpc) is 2.40. The van der Waals surface area contributed by atoms with Crippen LogP contribution < -0.4 is 5.32 Å². The summed E-state index contributed by atoms with van der Waals surface area (Å²) in [5.74, 6) is 0.707. The quantitative estimate of drug-likeness (QED) is 0.834. The highest BCUT2D eigenvalue weighted by molar-refractivity contribution is 5.16. The van der Waals surface area contributed by atoms with Crippen LogP contribution in [0.15, 0.2) is 24.3 Å². The summed E-state index contributed by atoms with van der Waals surface area (Å²) < 4.78 is 13.0. The first-order valence-corrected chi connectivity index (χ1v) is 7.23. The van der Waals surface area contributed by atoms with Crippen molar-refractivity contribution in [3.8, 4) is 0 Å². The van der Waals surface area contributed by atoms with Gasteiger partial charge in [0.15, 0.2) is 0 Å². The lowest BCUT2D eigenvalue weighted by Crippen LogP contribution is -2.35. The van der Waals surface area contributed by atoms with E-state index in [2.05, 4.69) is 12.2 Å². The van der Waals surface area contributed by atoms with Gasteiger partial charge in [0.2, 0.25) is 0 Å². The van der Waals surface area contributed by atoms with Crippen molar-refractivity contribution in [3.63, 3.8) is 0 Å². The molecule has 0 aliphatic heterocycles. The summed E-state index contributed by atoms with van der Waals surface area (Å²) in [6.45, 7) is 3.24. The van der Waals surface area contributed by atoms with E-state index in [1.165, 1.54) is 38.2 Å². The molecule has 1 aliphatic rings. The molecule has 0 aromatic heterocycles. The van der Waals surface area contributed by atoms with Crippen LogP contribution in [0.3, 0.4) is 0 Å². The lowest BCUT2D eigenvalue weighted by molar-refractivity contribution is 0.283. The van der Waals surface area contributed by atoms with Gasteiger partial charge < -0.3 is 5.32 Å². The van der Waals surface area contributed by atoms with Crippen molar-refractivity contribution in [2.24, 2.45) is 5.92 Å². The Bertz CT molecular complexity index is 358. The van der Waals surface area contributed by atoms with Crippen molar-refractivity contribution in [1.82, 2.24) is 5.32 Å². The second-order valence-electron chi connectivity index (χ2n) is 5.52. The molecule has 100 valence electrons. The Kier molecular flexibility index (Phi) is 5.18. The van der Waals surface area contributed by atoms with E-state index in [1.54, 1.807) is 12.1 Å². The molecule has 0 radical (unpaired) electrons. The van der Waals surface area contributed by atoms with Gasteiger partial charge in [0, 0.05) is 6.04 Å². The molecule has 1 nitrogen and oxygen atoms in total. The van der Waals surface area contributed by atoms with Gasteiger partial charge in [-0.25, -0.2) is 4.39 Å². The zero-order valence-corrected chi connectivity index (χ0v) is 11.3. The molecule has 1 atom stereocenters. The van der Waals surface area contributed by atoms with Crippen molar-refractivity contribution >= 4 is 0 Å². The minimum Gasteiger partial charge on any atom is -0.314 e. The average molecular weight is 249 g/mol. The van der Waals surface area contributed by atoms with Gasteiger partial charge >= 0.3 is 0 Å². The lowest BCUT2D eigenvalue weighted by atomic mass is 9.84. The lowest BCUT2D eigenvalue weighted by Gasteiger charge is -2.28. The minimum atomic E-state index is -0.132. The summed E-state index contributed by atoms with van der Waals surface area (Å²) in [6.07, 6.45) is 7.84. The van der Waals surface area contributed by atoms with Crippen LogP contribution in [-0.4, -0.2) is 12.6 Å². The number of benzene rings is 1. The summed E-state index contributed by atoms with van der Waals surface area (Å²) >= 11 is 0. The maximum absolute atomic E-state index is 13.0. The van der Waals surface area contributed by atoms with Gasteiger partial charge in [-0.15, -0.1) is 0 Å². The molecular weight excluding hydrogens is 225 g/mol. The summed E-state index contributed by atoms with van der Waals surface area (Å²) in [7, 11) is 0. The van der Waals surface area contributed by atoms with Gasteiger partial charge in [-0.05, 0) is 56.3 Å². The van der Waals surface area contributed by atoms with E-state index < -0.39 is 0 Å². The maximum atomic E-state index is 13.0. The number of hydrogen-bond donors (Lipinski definition) is 1. The van der Waals surface area contributed by atoms with Gasteiger partial charge in [0.25, 0.3) is 0 Å². The van der Waals surface area contributed by atoms with Gasteiger partial charge in [0.05, 0.1) is 0 Å². The molecule has 1 unspecified atom stereocenters. The van der Waals surface area contributed by atoms with E-state index in [1.807, 2.05) is 6.07 Å². The van der Waals surface area contributed by atoms with Gasteiger partial charge in [-0.1, -0.05) is 31.4 Å². The Balaban J connectivity index is 1.71. The maximum Gasteiger partial charge on any atom is 0.123 e. The third kappa shape index (κ3) is 4.09. The number of rotatable bonds is 5. The fraction of sp³-hybridized carbons (Fsp3) is 0.625. The Morgan fingerprint density at radius 1 is 1.28 bits per heavy atom. The Morgan fingerprint density at radius 2 is 2.06 bits per heavy atom. The van der Waals surface area contributed by atoms with Crippen molar-refractivity contribution in [2.75, 3.05) is 6.54 Å². The van der Waals surface area contributed by atoms with Crippen LogP contribution in [0.2, 0.25) is 0 Å². The largest absolute Gasteiger partial charge is 0.314 e. The summed E-state index contributed by atoms with van der Waals surface area (Å²) in [5, 5.41) is 3.60. The molecule has 2 rings (SSSR count). The van der Waals surface area contributed by atoms with E-state index in [-0.39, 0.29) is 5.82 Å². The molecule has 1 N–H and O–H groups in total. The highest BCUT2D eigenvalue weighted by Crippen LogP contribution is 2.26. The minimum absolute atomic E-state index is 0.132. The molecule has 0 saturated heterocycles. The van der Waals surface area contributed by atoms with Crippen LogP contribution in [0, 0.1) is 11.7 Å². The van der Waals surface area contributed by atoms with Crippen LogP contribution in [0.25, 0.3) is 0 Å². The van der Waals surface area contributed by atoms with Crippen LogP contribution in [0.4, 0.5) is 4.39 Å². The topological polar surface area (TPSA) is 12.0 Å². The van der Waals surface area contributed by atoms with Crippen LogP contribution in [-0.2, 0) is 6.42 Å². The Labute approximate surface area is 110 Å². The first-order valence-electron chi connectivity index (χ1n) is 7.23.